The maximum absolute atomic E-state index is 12.0. The van der Waals surface area contributed by atoms with Crippen LogP contribution in [0.25, 0.3) is 0 Å². The summed E-state index contributed by atoms with van der Waals surface area (Å²) in [5.41, 5.74) is 6.88. The topological polar surface area (TPSA) is 81.4 Å². The molecule has 22 heavy (non-hydrogen) atoms. The Balaban J connectivity index is 1.98. The van der Waals surface area contributed by atoms with Crippen LogP contribution in [0.1, 0.15) is 17.3 Å². The number of halogens is 1. The first kappa shape index (κ1) is 15.9. The fourth-order valence-electron chi connectivity index (χ4n) is 1.76. The Morgan fingerprint density at radius 1 is 1.18 bits per heavy atom. The molecule has 0 aromatic heterocycles. The summed E-state index contributed by atoms with van der Waals surface area (Å²) in [5.74, 6) is -1.06. The highest BCUT2D eigenvalue weighted by Gasteiger charge is 2.19. The van der Waals surface area contributed by atoms with E-state index in [1.54, 1.807) is 42.5 Å². The Morgan fingerprint density at radius 2 is 1.91 bits per heavy atom. The zero-order valence-corrected chi connectivity index (χ0v) is 12.6. The number of rotatable bonds is 4. The van der Waals surface area contributed by atoms with Gasteiger partial charge in [0.15, 0.2) is 6.10 Å². The number of nitrogens with two attached hydrogens (primary N) is 1. The van der Waals surface area contributed by atoms with E-state index >= 15 is 0 Å². The first-order chi connectivity index (χ1) is 10.5. The molecule has 5 nitrogen and oxygen atoms in total. The molecule has 2 aromatic rings. The number of anilines is 2. The van der Waals surface area contributed by atoms with Crippen LogP contribution >= 0.6 is 11.6 Å². The van der Waals surface area contributed by atoms with Gasteiger partial charge in [-0.25, -0.2) is 4.79 Å². The number of esters is 1. The molecule has 0 saturated carbocycles. The van der Waals surface area contributed by atoms with Gasteiger partial charge in [0.25, 0.3) is 5.91 Å². The van der Waals surface area contributed by atoms with E-state index in [2.05, 4.69) is 5.32 Å². The van der Waals surface area contributed by atoms with Crippen molar-refractivity contribution < 1.29 is 14.3 Å². The van der Waals surface area contributed by atoms with Gasteiger partial charge in [-0.05, 0) is 43.3 Å². The molecule has 1 unspecified atom stereocenters. The highest BCUT2D eigenvalue weighted by Crippen LogP contribution is 2.16. The van der Waals surface area contributed by atoms with Crippen LogP contribution in [0.15, 0.2) is 48.5 Å². The van der Waals surface area contributed by atoms with E-state index in [9.17, 15) is 9.59 Å². The van der Waals surface area contributed by atoms with Crippen LogP contribution in [0.2, 0.25) is 5.02 Å². The van der Waals surface area contributed by atoms with Gasteiger partial charge in [-0.15, -0.1) is 0 Å². The van der Waals surface area contributed by atoms with Crippen LogP contribution < -0.4 is 11.1 Å². The average molecular weight is 319 g/mol. The first-order valence-corrected chi connectivity index (χ1v) is 6.96. The Labute approximate surface area is 133 Å². The third kappa shape index (κ3) is 4.23. The van der Waals surface area contributed by atoms with Crippen LogP contribution in [-0.4, -0.2) is 18.0 Å². The number of hydrogen-bond acceptors (Lipinski definition) is 4. The molecule has 0 fully saturated rings. The first-order valence-electron chi connectivity index (χ1n) is 6.58. The van der Waals surface area contributed by atoms with Gasteiger partial charge in [-0.1, -0.05) is 23.7 Å². The van der Waals surface area contributed by atoms with Crippen LogP contribution in [-0.2, 0) is 9.53 Å². The predicted octanol–water partition coefficient (Wildman–Crippen LogP) is 3.11. The molecule has 114 valence electrons. The smallest absolute Gasteiger partial charge is 0.338 e. The van der Waals surface area contributed by atoms with E-state index in [0.717, 1.165) is 0 Å². The van der Waals surface area contributed by atoms with Gasteiger partial charge in [0.1, 0.15) is 0 Å². The minimum absolute atomic E-state index is 0.294. The van der Waals surface area contributed by atoms with Crippen molar-refractivity contribution in [2.24, 2.45) is 0 Å². The summed E-state index contributed by atoms with van der Waals surface area (Å²) in [7, 11) is 0. The van der Waals surface area contributed by atoms with Gasteiger partial charge in [-0.3, -0.25) is 4.79 Å². The van der Waals surface area contributed by atoms with Crippen molar-refractivity contribution in [1.82, 2.24) is 0 Å². The summed E-state index contributed by atoms with van der Waals surface area (Å²) >= 11 is 5.84. The van der Waals surface area contributed by atoms with Crippen LogP contribution in [0.5, 0.6) is 0 Å². The lowest BCUT2D eigenvalue weighted by atomic mass is 10.2. The zero-order chi connectivity index (χ0) is 16.1. The third-order valence-corrected chi connectivity index (χ3v) is 3.10. The average Bonchev–Trinajstić information content (AvgIpc) is 2.47. The van der Waals surface area contributed by atoms with Gasteiger partial charge >= 0.3 is 5.97 Å². The molecule has 2 rings (SSSR count). The summed E-state index contributed by atoms with van der Waals surface area (Å²) in [6, 6.07) is 13.1. The van der Waals surface area contributed by atoms with Crippen molar-refractivity contribution in [2.45, 2.75) is 13.0 Å². The minimum atomic E-state index is -0.951. The Kier molecular flexibility index (Phi) is 5.01. The molecule has 3 N–H and O–H groups in total. The molecular weight excluding hydrogens is 304 g/mol. The lowest BCUT2D eigenvalue weighted by Crippen LogP contribution is -2.30. The Hall–Kier alpha value is -2.53. The Morgan fingerprint density at radius 3 is 2.59 bits per heavy atom. The number of nitrogen functional groups attached to an aromatic ring is 1. The molecule has 1 amide bonds. The van der Waals surface area contributed by atoms with Crippen molar-refractivity contribution >= 4 is 34.9 Å². The van der Waals surface area contributed by atoms with E-state index in [-0.39, 0.29) is 0 Å². The second kappa shape index (κ2) is 6.95. The van der Waals surface area contributed by atoms with Crippen molar-refractivity contribution in [3.63, 3.8) is 0 Å². The molecule has 1 atom stereocenters. The summed E-state index contributed by atoms with van der Waals surface area (Å²) in [6.45, 7) is 1.49. The van der Waals surface area contributed by atoms with Crippen molar-refractivity contribution in [1.29, 1.82) is 0 Å². The number of carbonyl (C=O) groups is 2. The SMILES string of the molecule is CC(OC(=O)c1cccc(N)c1)C(=O)Nc1cccc(Cl)c1. The summed E-state index contributed by atoms with van der Waals surface area (Å²) < 4.78 is 5.12. The van der Waals surface area contributed by atoms with Crippen LogP contribution in [0, 0.1) is 0 Å². The highest BCUT2D eigenvalue weighted by molar-refractivity contribution is 6.30. The zero-order valence-electron chi connectivity index (χ0n) is 11.9. The maximum atomic E-state index is 12.0. The predicted molar refractivity (Wildman–Crippen MR) is 85.8 cm³/mol. The molecule has 0 heterocycles. The molecular formula is C16H15ClN2O3. The normalized spacial score (nSPS) is 11.5. The van der Waals surface area contributed by atoms with Gasteiger partial charge in [0, 0.05) is 16.4 Å². The second-order valence-electron chi connectivity index (χ2n) is 4.67. The van der Waals surface area contributed by atoms with Crippen LogP contribution in [0.4, 0.5) is 11.4 Å². The number of hydrogen-bond donors (Lipinski definition) is 2. The van der Waals surface area contributed by atoms with E-state index in [4.69, 9.17) is 22.1 Å². The standard InChI is InChI=1S/C16H15ClN2O3/c1-10(15(20)19-14-7-3-5-12(17)9-14)22-16(21)11-4-2-6-13(18)8-11/h2-10H,18H2,1H3,(H,19,20). The van der Waals surface area contributed by atoms with Crippen LogP contribution in [0.3, 0.4) is 0 Å². The summed E-state index contributed by atoms with van der Waals surface area (Å²) in [5, 5.41) is 3.13. The number of nitrogens with one attached hydrogen (secondary N) is 1. The largest absolute Gasteiger partial charge is 0.449 e. The van der Waals surface area contributed by atoms with E-state index in [0.29, 0.717) is 22.0 Å². The van der Waals surface area contributed by atoms with E-state index in [1.165, 1.54) is 13.0 Å². The number of carbonyl (C=O) groups excluding carboxylic acids is 2. The molecule has 0 aliphatic heterocycles. The molecule has 0 bridgehead atoms. The number of amides is 1. The Bertz CT molecular complexity index is 703. The van der Waals surface area contributed by atoms with Crippen molar-refractivity contribution in [2.75, 3.05) is 11.1 Å². The summed E-state index contributed by atoms with van der Waals surface area (Å²) in [6.07, 6.45) is -0.951. The van der Waals surface area contributed by atoms with E-state index in [1.807, 2.05) is 0 Å². The van der Waals surface area contributed by atoms with Crippen molar-refractivity contribution in [3.8, 4) is 0 Å². The lowest BCUT2D eigenvalue weighted by Gasteiger charge is -2.13. The van der Waals surface area contributed by atoms with Gasteiger partial charge in [0.2, 0.25) is 0 Å². The lowest BCUT2D eigenvalue weighted by molar-refractivity contribution is -0.123. The van der Waals surface area contributed by atoms with Crippen molar-refractivity contribution in [3.05, 3.63) is 59.1 Å². The molecule has 0 aliphatic carbocycles. The van der Waals surface area contributed by atoms with Gasteiger partial charge in [0.05, 0.1) is 5.56 Å². The molecule has 0 saturated heterocycles. The van der Waals surface area contributed by atoms with Gasteiger partial charge in [-0.2, -0.15) is 0 Å². The van der Waals surface area contributed by atoms with Gasteiger partial charge < -0.3 is 15.8 Å². The molecule has 0 radical (unpaired) electrons. The highest BCUT2D eigenvalue weighted by atomic mass is 35.5. The molecule has 0 spiro atoms. The molecule has 0 aliphatic rings. The third-order valence-electron chi connectivity index (χ3n) is 2.87. The number of ether oxygens (including phenoxy) is 1. The quantitative estimate of drug-likeness (QED) is 0.670. The molecule has 6 heteroatoms. The minimum Gasteiger partial charge on any atom is -0.449 e. The molecule has 2 aromatic carbocycles. The summed E-state index contributed by atoms with van der Waals surface area (Å²) in [4.78, 5) is 23.9. The monoisotopic (exact) mass is 318 g/mol. The maximum Gasteiger partial charge on any atom is 0.338 e. The second-order valence-corrected chi connectivity index (χ2v) is 5.11. The van der Waals surface area contributed by atoms with E-state index < -0.39 is 18.0 Å². The number of benzene rings is 2. The fourth-order valence-corrected chi connectivity index (χ4v) is 1.95. The fraction of sp³-hybridized carbons (Fsp3) is 0.125.